The number of nitrogens with zero attached hydrogens (tertiary/aromatic N) is 2. The monoisotopic (exact) mass is 296 g/mol. The predicted octanol–water partition coefficient (Wildman–Crippen LogP) is 0.168. The van der Waals surface area contributed by atoms with Crippen LogP contribution in [0, 0.1) is 11.3 Å². The summed E-state index contributed by atoms with van der Waals surface area (Å²) < 4.78 is 25.9. The fourth-order valence-electron chi connectivity index (χ4n) is 1.44. The fourth-order valence-corrected chi connectivity index (χ4v) is 2.38. The van der Waals surface area contributed by atoms with Gasteiger partial charge in [0.15, 0.2) is 0 Å². The van der Waals surface area contributed by atoms with Crippen LogP contribution in [0.25, 0.3) is 0 Å². The highest BCUT2D eigenvalue weighted by molar-refractivity contribution is 7.89. The van der Waals surface area contributed by atoms with E-state index in [1.54, 1.807) is 0 Å². The van der Waals surface area contributed by atoms with Crippen molar-refractivity contribution >= 4 is 15.9 Å². The molecule has 0 saturated carbocycles. The van der Waals surface area contributed by atoms with E-state index >= 15 is 0 Å². The van der Waals surface area contributed by atoms with Crippen LogP contribution in [0.5, 0.6) is 0 Å². The minimum atomic E-state index is -3.75. The van der Waals surface area contributed by atoms with Crippen molar-refractivity contribution in [3.8, 4) is 6.07 Å². The van der Waals surface area contributed by atoms with E-state index in [0.29, 0.717) is 6.42 Å². The summed E-state index contributed by atoms with van der Waals surface area (Å²) in [5.41, 5.74) is 0. The van der Waals surface area contributed by atoms with Crippen molar-refractivity contribution in [3.05, 3.63) is 24.5 Å². The first kappa shape index (κ1) is 16.1. The first-order valence-electron chi connectivity index (χ1n) is 6.05. The molecule has 1 atom stereocenters. The second kappa shape index (κ2) is 7.57. The highest BCUT2D eigenvalue weighted by atomic mass is 32.2. The second-order valence-electron chi connectivity index (χ2n) is 4.05. The van der Waals surface area contributed by atoms with Gasteiger partial charge in [0.2, 0.25) is 15.9 Å². The van der Waals surface area contributed by atoms with Gasteiger partial charge in [0, 0.05) is 18.4 Å². The third-order valence-electron chi connectivity index (χ3n) is 2.56. The van der Waals surface area contributed by atoms with E-state index < -0.39 is 15.9 Å². The summed E-state index contributed by atoms with van der Waals surface area (Å²) in [5.74, 6) is -0.473. The van der Waals surface area contributed by atoms with Crippen molar-refractivity contribution in [3.63, 3.8) is 0 Å². The lowest BCUT2D eigenvalue weighted by Gasteiger charge is -2.13. The maximum absolute atomic E-state index is 11.8. The largest absolute Gasteiger partial charge is 0.351 e. The van der Waals surface area contributed by atoms with E-state index in [2.05, 4.69) is 15.0 Å². The molecule has 1 aromatic heterocycles. The molecular weight excluding hydrogens is 280 g/mol. The zero-order valence-electron chi connectivity index (χ0n) is 11.0. The SMILES string of the molecule is CC[C@H](CC#N)NC(=O)CNS(=O)(=O)c1cccnc1. The summed E-state index contributed by atoms with van der Waals surface area (Å²) in [5, 5.41) is 11.2. The average Bonchev–Trinajstić information content (AvgIpc) is 2.46. The molecule has 0 spiro atoms. The van der Waals surface area contributed by atoms with Crippen LogP contribution >= 0.6 is 0 Å². The molecule has 0 aliphatic carbocycles. The molecule has 108 valence electrons. The highest BCUT2D eigenvalue weighted by Crippen LogP contribution is 2.04. The van der Waals surface area contributed by atoms with Crippen molar-refractivity contribution < 1.29 is 13.2 Å². The third kappa shape index (κ3) is 4.95. The van der Waals surface area contributed by atoms with Gasteiger partial charge in [0.1, 0.15) is 4.90 Å². The van der Waals surface area contributed by atoms with Crippen molar-refractivity contribution in [2.45, 2.75) is 30.7 Å². The molecule has 0 fully saturated rings. The number of carbonyl (C=O) groups is 1. The van der Waals surface area contributed by atoms with Crippen LogP contribution in [-0.2, 0) is 14.8 Å². The molecule has 8 heteroatoms. The molecule has 0 aromatic carbocycles. The van der Waals surface area contributed by atoms with E-state index in [1.165, 1.54) is 24.5 Å². The lowest BCUT2D eigenvalue weighted by Crippen LogP contribution is -2.41. The van der Waals surface area contributed by atoms with Gasteiger partial charge in [0.05, 0.1) is 19.0 Å². The number of aromatic nitrogens is 1. The Balaban J connectivity index is 2.55. The smallest absolute Gasteiger partial charge is 0.242 e. The van der Waals surface area contributed by atoms with Crippen LogP contribution in [0.15, 0.2) is 29.4 Å². The van der Waals surface area contributed by atoms with Crippen molar-refractivity contribution in [2.24, 2.45) is 0 Å². The number of nitriles is 1. The minimum Gasteiger partial charge on any atom is -0.351 e. The van der Waals surface area contributed by atoms with E-state index in [-0.39, 0.29) is 23.9 Å². The van der Waals surface area contributed by atoms with Crippen LogP contribution in [0.4, 0.5) is 0 Å². The van der Waals surface area contributed by atoms with Crippen LogP contribution < -0.4 is 10.0 Å². The molecule has 0 aliphatic rings. The standard InChI is InChI=1S/C12H16N4O3S/c1-2-10(5-6-13)16-12(17)9-15-20(18,19)11-4-3-7-14-8-11/h3-4,7-8,10,15H,2,5,9H2,1H3,(H,16,17)/t10-/m1/s1. The van der Waals surface area contributed by atoms with Crippen LogP contribution in [0.1, 0.15) is 19.8 Å². The second-order valence-corrected chi connectivity index (χ2v) is 5.82. The zero-order valence-corrected chi connectivity index (χ0v) is 11.9. The predicted molar refractivity (Wildman–Crippen MR) is 71.9 cm³/mol. The molecule has 0 radical (unpaired) electrons. The lowest BCUT2D eigenvalue weighted by atomic mass is 10.2. The van der Waals surface area contributed by atoms with Gasteiger partial charge in [-0.25, -0.2) is 13.1 Å². The number of nitrogens with one attached hydrogen (secondary N) is 2. The summed E-state index contributed by atoms with van der Waals surface area (Å²) in [6.45, 7) is 1.46. The average molecular weight is 296 g/mol. The molecule has 1 rings (SSSR count). The van der Waals surface area contributed by atoms with Crippen LogP contribution in [-0.4, -0.2) is 31.9 Å². The van der Waals surface area contributed by atoms with E-state index in [0.717, 1.165) is 0 Å². The van der Waals surface area contributed by atoms with Gasteiger partial charge < -0.3 is 5.32 Å². The molecule has 7 nitrogen and oxygen atoms in total. The van der Waals surface area contributed by atoms with Crippen LogP contribution in [0.3, 0.4) is 0 Å². The molecule has 20 heavy (non-hydrogen) atoms. The zero-order chi connectivity index (χ0) is 15.0. The van der Waals surface area contributed by atoms with Gasteiger partial charge in [-0.05, 0) is 18.6 Å². The van der Waals surface area contributed by atoms with Gasteiger partial charge in [-0.3, -0.25) is 9.78 Å². The molecule has 1 aromatic rings. The summed E-state index contributed by atoms with van der Waals surface area (Å²) >= 11 is 0. The van der Waals surface area contributed by atoms with E-state index in [9.17, 15) is 13.2 Å². The normalized spacial score (nSPS) is 12.4. The molecule has 0 saturated heterocycles. The maximum atomic E-state index is 11.8. The fraction of sp³-hybridized carbons (Fsp3) is 0.417. The van der Waals surface area contributed by atoms with Gasteiger partial charge in [-0.1, -0.05) is 6.92 Å². The van der Waals surface area contributed by atoms with E-state index in [4.69, 9.17) is 5.26 Å². The summed E-state index contributed by atoms with van der Waals surface area (Å²) in [6.07, 6.45) is 3.45. The van der Waals surface area contributed by atoms with Crippen LogP contribution in [0.2, 0.25) is 0 Å². The molecular formula is C12H16N4O3S. The topological polar surface area (TPSA) is 112 Å². The van der Waals surface area contributed by atoms with Crippen molar-refractivity contribution in [1.29, 1.82) is 5.26 Å². The van der Waals surface area contributed by atoms with E-state index in [1.807, 2.05) is 13.0 Å². The van der Waals surface area contributed by atoms with Gasteiger partial charge in [0.25, 0.3) is 0 Å². The number of hydrogen-bond donors (Lipinski definition) is 2. The van der Waals surface area contributed by atoms with Gasteiger partial charge >= 0.3 is 0 Å². The molecule has 1 amide bonds. The Hall–Kier alpha value is -1.98. The Kier molecular flexibility index (Phi) is 6.09. The van der Waals surface area contributed by atoms with Crippen molar-refractivity contribution in [2.75, 3.05) is 6.54 Å². The summed E-state index contributed by atoms with van der Waals surface area (Å²) in [4.78, 5) is 15.3. The number of amides is 1. The molecule has 0 aliphatic heterocycles. The first-order valence-corrected chi connectivity index (χ1v) is 7.54. The number of pyridine rings is 1. The Morgan fingerprint density at radius 1 is 1.55 bits per heavy atom. The van der Waals surface area contributed by atoms with Crippen molar-refractivity contribution in [1.82, 2.24) is 15.0 Å². The lowest BCUT2D eigenvalue weighted by molar-refractivity contribution is -0.120. The number of sulfonamides is 1. The minimum absolute atomic E-state index is 0.00290. The van der Waals surface area contributed by atoms with Gasteiger partial charge in [-0.2, -0.15) is 5.26 Å². The molecule has 1 heterocycles. The Bertz CT molecular complexity index is 580. The Morgan fingerprint density at radius 2 is 2.30 bits per heavy atom. The summed E-state index contributed by atoms with van der Waals surface area (Å²) in [7, 11) is -3.75. The third-order valence-corrected chi connectivity index (χ3v) is 3.95. The quantitative estimate of drug-likeness (QED) is 0.744. The Labute approximate surface area is 118 Å². The van der Waals surface area contributed by atoms with Gasteiger partial charge in [-0.15, -0.1) is 0 Å². The molecule has 2 N–H and O–H groups in total. The Morgan fingerprint density at radius 3 is 2.85 bits per heavy atom. The number of hydrogen-bond acceptors (Lipinski definition) is 5. The molecule has 0 unspecified atom stereocenters. The summed E-state index contributed by atoms with van der Waals surface area (Å²) in [6, 6.07) is 4.57. The number of carbonyl (C=O) groups excluding carboxylic acids is 1. The molecule has 0 bridgehead atoms. The maximum Gasteiger partial charge on any atom is 0.242 e. The number of rotatable bonds is 7. The first-order chi connectivity index (χ1) is 9.49. The highest BCUT2D eigenvalue weighted by Gasteiger charge is 2.16.